The molecule has 0 aliphatic heterocycles. The Hall–Kier alpha value is -1.63. The molecule has 0 aromatic carbocycles. The molecule has 0 spiro atoms. The van der Waals surface area contributed by atoms with E-state index in [0.717, 1.165) is 0 Å². The Morgan fingerprint density at radius 1 is 1.30 bits per heavy atom. The fraction of sp³-hybridized carbons (Fsp3) is 0.385. The van der Waals surface area contributed by atoms with E-state index in [1.165, 1.54) is 4.90 Å². The second kappa shape index (κ2) is 6.69. The molecule has 0 saturated carbocycles. The highest BCUT2D eigenvalue weighted by Gasteiger charge is 2.22. The normalized spacial score (nSPS) is 10.9. The summed E-state index contributed by atoms with van der Waals surface area (Å²) in [7, 11) is 0. The van der Waals surface area contributed by atoms with E-state index in [1.54, 1.807) is 22.7 Å². The van der Waals surface area contributed by atoms with Crippen molar-refractivity contribution in [1.82, 2.24) is 14.3 Å². The minimum Gasteiger partial charge on any atom is -0.396 e. The smallest absolute Gasteiger partial charge is 0.274 e. The first-order valence-electron chi connectivity index (χ1n) is 6.32. The van der Waals surface area contributed by atoms with Crippen LogP contribution in [0.3, 0.4) is 0 Å². The molecule has 0 atom stereocenters. The van der Waals surface area contributed by atoms with Gasteiger partial charge in [0.15, 0.2) is 10.8 Å². The van der Waals surface area contributed by atoms with Gasteiger partial charge in [-0.15, -0.1) is 0 Å². The number of hydrogen-bond acceptors (Lipinski definition) is 4. The molecule has 2 N–H and O–H groups in total. The van der Waals surface area contributed by atoms with E-state index in [0.29, 0.717) is 18.6 Å². The molecule has 2 heterocycles. The van der Waals surface area contributed by atoms with Gasteiger partial charge in [0.05, 0.1) is 6.61 Å². The van der Waals surface area contributed by atoms with Crippen LogP contribution in [0.1, 0.15) is 16.9 Å². The van der Waals surface area contributed by atoms with Crippen LogP contribution >= 0.6 is 11.6 Å². The van der Waals surface area contributed by atoms with Crippen molar-refractivity contribution in [3.8, 4) is 0 Å². The van der Waals surface area contributed by atoms with Crippen molar-refractivity contribution in [3.63, 3.8) is 0 Å². The van der Waals surface area contributed by atoms with Crippen molar-refractivity contribution in [2.24, 2.45) is 0 Å². The monoisotopic (exact) mass is 297 g/mol. The predicted molar refractivity (Wildman–Crippen MR) is 74.9 cm³/mol. The highest BCUT2D eigenvalue weighted by atomic mass is 35.5. The number of nitrogens with zero attached hydrogens (tertiary/aromatic N) is 3. The van der Waals surface area contributed by atoms with Crippen molar-refractivity contribution in [3.05, 3.63) is 35.2 Å². The van der Waals surface area contributed by atoms with Gasteiger partial charge in [-0.2, -0.15) is 0 Å². The van der Waals surface area contributed by atoms with E-state index >= 15 is 0 Å². The molecule has 0 bridgehead atoms. The number of hydrogen-bond donors (Lipinski definition) is 2. The molecule has 2 aromatic rings. The van der Waals surface area contributed by atoms with E-state index < -0.39 is 0 Å². The SMILES string of the molecule is O=C(c1c(Cl)nc2ccccn12)N(CCO)CCCO. The Morgan fingerprint density at radius 2 is 2.10 bits per heavy atom. The first-order chi connectivity index (χ1) is 9.69. The van der Waals surface area contributed by atoms with Crippen LogP contribution in [0.25, 0.3) is 5.65 Å². The average molecular weight is 298 g/mol. The van der Waals surface area contributed by atoms with Crippen molar-refractivity contribution in [1.29, 1.82) is 0 Å². The molecule has 0 radical (unpaired) electrons. The minimum absolute atomic E-state index is 0.0178. The van der Waals surface area contributed by atoms with Crippen LogP contribution < -0.4 is 0 Å². The summed E-state index contributed by atoms with van der Waals surface area (Å²) < 4.78 is 1.62. The lowest BCUT2D eigenvalue weighted by atomic mass is 10.3. The van der Waals surface area contributed by atoms with Gasteiger partial charge in [0.1, 0.15) is 5.65 Å². The molecule has 0 aliphatic carbocycles. The molecular weight excluding hydrogens is 282 g/mol. The van der Waals surface area contributed by atoms with Gasteiger partial charge in [-0.25, -0.2) is 4.98 Å². The summed E-state index contributed by atoms with van der Waals surface area (Å²) in [5.74, 6) is -0.309. The molecule has 1 amide bonds. The van der Waals surface area contributed by atoms with Crippen LogP contribution in [0.2, 0.25) is 5.15 Å². The van der Waals surface area contributed by atoms with Gasteiger partial charge in [0.25, 0.3) is 5.91 Å². The quantitative estimate of drug-likeness (QED) is 0.827. The van der Waals surface area contributed by atoms with Gasteiger partial charge >= 0.3 is 0 Å². The molecule has 0 aliphatic rings. The van der Waals surface area contributed by atoms with Crippen LogP contribution in [0.5, 0.6) is 0 Å². The minimum atomic E-state index is -0.309. The summed E-state index contributed by atoms with van der Waals surface area (Å²) in [5.41, 5.74) is 0.862. The zero-order valence-electron chi connectivity index (χ0n) is 10.9. The number of pyridine rings is 1. The maximum absolute atomic E-state index is 12.5. The Bertz CT molecular complexity index is 600. The largest absolute Gasteiger partial charge is 0.396 e. The number of amides is 1. The lowest BCUT2D eigenvalue weighted by Gasteiger charge is -2.21. The zero-order chi connectivity index (χ0) is 14.5. The molecule has 0 saturated heterocycles. The van der Waals surface area contributed by atoms with E-state index in [1.807, 2.05) is 6.07 Å². The summed E-state index contributed by atoms with van der Waals surface area (Å²) in [6, 6.07) is 5.35. The van der Waals surface area contributed by atoms with E-state index in [4.69, 9.17) is 21.8 Å². The number of fused-ring (bicyclic) bond motifs is 1. The van der Waals surface area contributed by atoms with Gasteiger partial charge in [-0.1, -0.05) is 17.7 Å². The maximum atomic E-state index is 12.5. The number of carbonyl (C=O) groups excluding carboxylic acids is 1. The van der Waals surface area contributed by atoms with Crippen LogP contribution in [0.15, 0.2) is 24.4 Å². The Labute approximate surface area is 121 Å². The summed E-state index contributed by atoms with van der Waals surface area (Å²) in [6.45, 7) is 0.378. The average Bonchev–Trinajstić information content (AvgIpc) is 2.78. The number of aliphatic hydroxyl groups excluding tert-OH is 2. The molecule has 108 valence electrons. The van der Waals surface area contributed by atoms with Gasteiger partial charge < -0.3 is 15.1 Å². The number of imidazole rings is 1. The second-order valence-corrected chi connectivity index (χ2v) is 4.63. The summed E-state index contributed by atoms with van der Waals surface area (Å²) >= 11 is 6.05. The number of halogens is 1. The van der Waals surface area contributed by atoms with Gasteiger partial charge in [0.2, 0.25) is 0 Å². The molecule has 0 fully saturated rings. The molecule has 2 rings (SSSR count). The van der Waals surface area contributed by atoms with Gasteiger partial charge in [-0.05, 0) is 18.6 Å². The van der Waals surface area contributed by atoms with Crippen molar-refractivity contribution >= 4 is 23.2 Å². The second-order valence-electron chi connectivity index (χ2n) is 4.27. The predicted octanol–water partition coefficient (Wildman–Crippen LogP) is 0.805. The number of aliphatic hydroxyl groups is 2. The third-order valence-electron chi connectivity index (χ3n) is 2.93. The molecule has 2 aromatic heterocycles. The van der Waals surface area contributed by atoms with Crippen molar-refractivity contribution in [2.75, 3.05) is 26.3 Å². The molecule has 7 heteroatoms. The lowest BCUT2D eigenvalue weighted by Crippen LogP contribution is -2.35. The maximum Gasteiger partial charge on any atom is 0.274 e. The Kier molecular flexibility index (Phi) is 4.94. The first-order valence-corrected chi connectivity index (χ1v) is 6.70. The van der Waals surface area contributed by atoms with E-state index in [-0.39, 0.29) is 36.5 Å². The van der Waals surface area contributed by atoms with Gasteiger partial charge in [-0.3, -0.25) is 9.20 Å². The van der Waals surface area contributed by atoms with Crippen LogP contribution in [0, 0.1) is 0 Å². The molecule has 0 unspecified atom stereocenters. The van der Waals surface area contributed by atoms with Gasteiger partial charge in [0, 0.05) is 25.9 Å². The van der Waals surface area contributed by atoms with Crippen molar-refractivity contribution < 1.29 is 15.0 Å². The molecule has 20 heavy (non-hydrogen) atoms. The van der Waals surface area contributed by atoms with Crippen LogP contribution in [0.4, 0.5) is 0 Å². The Morgan fingerprint density at radius 3 is 2.80 bits per heavy atom. The third-order valence-corrected chi connectivity index (χ3v) is 3.20. The fourth-order valence-corrected chi connectivity index (χ4v) is 2.26. The zero-order valence-corrected chi connectivity index (χ0v) is 11.6. The van der Waals surface area contributed by atoms with Crippen LogP contribution in [-0.2, 0) is 0 Å². The van der Waals surface area contributed by atoms with Crippen LogP contribution in [-0.4, -0.2) is 56.7 Å². The topological polar surface area (TPSA) is 78.1 Å². The highest BCUT2D eigenvalue weighted by Crippen LogP contribution is 2.19. The first kappa shape index (κ1) is 14.8. The van der Waals surface area contributed by atoms with E-state index in [2.05, 4.69) is 4.98 Å². The molecule has 6 nitrogen and oxygen atoms in total. The highest BCUT2D eigenvalue weighted by molar-refractivity contribution is 6.32. The lowest BCUT2D eigenvalue weighted by molar-refractivity contribution is 0.0703. The fourth-order valence-electron chi connectivity index (χ4n) is 2.01. The number of carbonyl (C=O) groups is 1. The summed E-state index contributed by atoms with van der Waals surface area (Å²) in [5, 5.41) is 18.1. The molecular formula is C13H16ClN3O3. The third kappa shape index (κ3) is 2.92. The van der Waals surface area contributed by atoms with Crippen molar-refractivity contribution in [2.45, 2.75) is 6.42 Å². The number of rotatable bonds is 6. The number of aromatic nitrogens is 2. The summed E-state index contributed by atoms with van der Waals surface area (Å²) in [6.07, 6.45) is 2.16. The standard InChI is InChI=1S/C13H16ClN3O3/c14-12-11(17-6-2-1-4-10(17)15-12)13(20)16(7-9-19)5-3-8-18/h1-2,4,6,18-19H,3,5,7-9H2. The van der Waals surface area contributed by atoms with E-state index in [9.17, 15) is 4.79 Å². The Balaban J connectivity index is 2.35. The summed E-state index contributed by atoms with van der Waals surface area (Å²) in [4.78, 5) is 18.1.